The van der Waals surface area contributed by atoms with Crippen LogP contribution in [0.15, 0.2) is 48.7 Å². The van der Waals surface area contributed by atoms with Crippen LogP contribution >= 0.6 is 11.3 Å². The van der Waals surface area contributed by atoms with E-state index in [1.165, 1.54) is 40.6 Å². The molecule has 1 N–H and O–H groups in total. The van der Waals surface area contributed by atoms with Gasteiger partial charge in [0.1, 0.15) is 11.5 Å². The minimum atomic E-state index is 0.415. The number of aromatic nitrogens is 3. The summed E-state index contributed by atoms with van der Waals surface area (Å²) in [5.41, 5.74) is 2.36. The Morgan fingerprint density at radius 2 is 1.64 bits per heavy atom. The number of hydrogen-bond acceptors (Lipinski definition) is 4. The third kappa shape index (κ3) is 5.75. The van der Waals surface area contributed by atoms with Crippen molar-refractivity contribution in [3.8, 4) is 10.6 Å². The van der Waals surface area contributed by atoms with Gasteiger partial charge in [-0.2, -0.15) is 0 Å². The zero-order valence-electron chi connectivity index (χ0n) is 21.4. The summed E-state index contributed by atoms with van der Waals surface area (Å²) in [4.78, 5) is 5.77. The van der Waals surface area contributed by atoms with Crippen LogP contribution in [0, 0.1) is 11.3 Å². The van der Waals surface area contributed by atoms with Gasteiger partial charge in [-0.05, 0) is 66.7 Å². The van der Waals surface area contributed by atoms with Crippen LogP contribution in [0.4, 0.5) is 5.82 Å². The van der Waals surface area contributed by atoms with E-state index >= 15 is 0 Å². The van der Waals surface area contributed by atoms with Gasteiger partial charge in [0, 0.05) is 10.7 Å². The molecule has 0 aliphatic heterocycles. The van der Waals surface area contributed by atoms with Crippen LogP contribution in [0.1, 0.15) is 74.1 Å². The fraction of sp³-hybridized carbons (Fsp3) is 0.500. The van der Waals surface area contributed by atoms with Gasteiger partial charge in [-0.15, -0.1) is 16.4 Å². The van der Waals surface area contributed by atoms with E-state index in [0.717, 1.165) is 23.1 Å². The lowest BCUT2D eigenvalue weighted by Crippen LogP contribution is -2.31. The zero-order valence-corrected chi connectivity index (χ0v) is 22.2. The Hall–Kier alpha value is -2.40. The number of benzene rings is 1. The summed E-state index contributed by atoms with van der Waals surface area (Å²) in [6.45, 7) is 15.1. The predicted octanol–water partition coefficient (Wildman–Crippen LogP) is 8.68. The first-order chi connectivity index (χ1) is 16.0. The molecule has 5 rings (SSSR count). The van der Waals surface area contributed by atoms with Crippen LogP contribution in [0.2, 0.25) is 0 Å². The molecule has 3 heterocycles. The zero-order chi connectivity index (χ0) is 24.0. The summed E-state index contributed by atoms with van der Waals surface area (Å²) in [6.07, 6.45) is 6.96. The summed E-state index contributed by atoms with van der Waals surface area (Å²) >= 11 is 1.79. The van der Waals surface area contributed by atoms with E-state index in [4.69, 9.17) is 5.10 Å². The predicted molar refractivity (Wildman–Crippen MR) is 145 cm³/mol. The van der Waals surface area contributed by atoms with Crippen molar-refractivity contribution < 1.29 is 0 Å². The third-order valence-electron chi connectivity index (χ3n) is 6.34. The lowest BCUT2D eigenvalue weighted by molar-refractivity contribution is 0.173. The van der Waals surface area contributed by atoms with E-state index in [9.17, 15) is 0 Å². The average Bonchev–Trinajstić information content (AvgIpc) is 3.45. The first-order valence-electron chi connectivity index (χ1n) is 12.6. The molecule has 1 fully saturated rings. The highest BCUT2D eigenvalue weighted by Crippen LogP contribution is 2.38. The van der Waals surface area contributed by atoms with Gasteiger partial charge in [0.25, 0.3) is 0 Å². The van der Waals surface area contributed by atoms with Gasteiger partial charge in [-0.1, -0.05) is 66.7 Å². The second-order valence-corrected chi connectivity index (χ2v) is 10.4. The van der Waals surface area contributed by atoms with Crippen molar-refractivity contribution in [3.63, 3.8) is 0 Å². The third-order valence-corrected chi connectivity index (χ3v) is 7.48. The Kier molecular flexibility index (Phi) is 8.52. The van der Waals surface area contributed by atoms with Gasteiger partial charge in [0.2, 0.25) is 0 Å². The van der Waals surface area contributed by atoms with Crippen molar-refractivity contribution in [1.82, 2.24) is 14.6 Å². The van der Waals surface area contributed by atoms with E-state index in [1.807, 2.05) is 38.4 Å². The van der Waals surface area contributed by atoms with Crippen LogP contribution in [0.3, 0.4) is 0 Å². The maximum Gasteiger partial charge on any atom is 0.154 e. The number of imidazole rings is 1. The Labute approximate surface area is 203 Å². The van der Waals surface area contributed by atoms with E-state index in [-0.39, 0.29) is 0 Å². The van der Waals surface area contributed by atoms with Crippen LogP contribution in [0.5, 0.6) is 0 Å². The second kappa shape index (κ2) is 11.1. The van der Waals surface area contributed by atoms with Gasteiger partial charge in [0.05, 0.1) is 11.1 Å². The standard InChI is InChI=1S/C24H28N4S.2C2H6/c1-24(2,3)17-8-10-18(11-9-17)26-22-12-13-23-25-15-19(28(23)27-22)21-14-16-6-4-5-7-20(16)29-21;2*1-2/h4-7,12-15,17-18H,8-11H2,1-3H3,(H,26,27);2*1-2H3. The average molecular weight is 465 g/mol. The molecule has 1 aromatic carbocycles. The van der Waals surface area contributed by atoms with Crippen molar-refractivity contribution in [2.24, 2.45) is 11.3 Å². The monoisotopic (exact) mass is 464 g/mol. The lowest BCUT2D eigenvalue weighted by Gasteiger charge is -2.37. The van der Waals surface area contributed by atoms with Crippen LogP contribution in [-0.4, -0.2) is 20.6 Å². The largest absolute Gasteiger partial charge is 0.366 e. The topological polar surface area (TPSA) is 42.2 Å². The molecule has 1 saturated carbocycles. The molecule has 0 atom stereocenters. The lowest BCUT2D eigenvalue weighted by atomic mass is 9.71. The number of nitrogens with one attached hydrogen (secondary N) is 1. The first kappa shape index (κ1) is 25.2. The van der Waals surface area contributed by atoms with Gasteiger partial charge < -0.3 is 5.32 Å². The maximum absolute atomic E-state index is 4.89. The molecule has 0 spiro atoms. The highest BCUT2D eigenvalue weighted by atomic mass is 32.1. The van der Waals surface area contributed by atoms with Crippen molar-refractivity contribution in [3.05, 3.63) is 48.7 Å². The fourth-order valence-electron chi connectivity index (χ4n) is 4.54. The number of rotatable bonds is 3. The second-order valence-electron chi connectivity index (χ2n) is 9.34. The van der Waals surface area contributed by atoms with E-state index in [1.54, 1.807) is 11.3 Å². The molecule has 0 radical (unpaired) electrons. The number of nitrogens with zero attached hydrogens (tertiary/aromatic N) is 3. The molecule has 5 heteroatoms. The molecule has 0 amide bonds. The molecule has 3 aromatic heterocycles. The highest BCUT2D eigenvalue weighted by molar-refractivity contribution is 7.22. The van der Waals surface area contributed by atoms with Crippen molar-refractivity contribution in [2.45, 2.75) is 80.2 Å². The number of hydrogen-bond donors (Lipinski definition) is 1. The van der Waals surface area contributed by atoms with Crippen molar-refractivity contribution in [2.75, 3.05) is 5.32 Å². The minimum absolute atomic E-state index is 0.415. The van der Waals surface area contributed by atoms with Gasteiger partial charge in [0.15, 0.2) is 5.65 Å². The fourth-order valence-corrected chi connectivity index (χ4v) is 5.60. The molecule has 1 aliphatic carbocycles. The SMILES string of the molecule is CC.CC.CC(C)(C)C1CCC(Nc2ccc3ncc(-c4cc5ccccc5s4)n3n2)CC1. The molecule has 4 nitrogen and oxygen atoms in total. The van der Waals surface area contributed by atoms with Crippen LogP contribution in [0.25, 0.3) is 26.3 Å². The van der Waals surface area contributed by atoms with Gasteiger partial charge >= 0.3 is 0 Å². The molecule has 0 saturated heterocycles. The summed E-state index contributed by atoms with van der Waals surface area (Å²) in [6, 6.07) is 15.4. The van der Waals surface area contributed by atoms with E-state index in [0.29, 0.717) is 11.5 Å². The van der Waals surface area contributed by atoms with Crippen molar-refractivity contribution >= 4 is 32.9 Å². The van der Waals surface area contributed by atoms with Crippen LogP contribution < -0.4 is 5.32 Å². The summed E-state index contributed by atoms with van der Waals surface area (Å²) in [5, 5.41) is 9.85. The smallest absolute Gasteiger partial charge is 0.154 e. The normalized spacial score (nSPS) is 18.3. The Bertz CT molecular complexity index is 1110. The quantitative estimate of drug-likeness (QED) is 0.330. The van der Waals surface area contributed by atoms with Gasteiger partial charge in [-0.25, -0.2) is 9.50 Å². The van der Waals surface area contributed by atoms with E-state index in [2.05, 4.69) is 73.5 Å². The molecule has 33 heavy (non-hydrogen) atoms. The summed E-state index contributed by atoms with van der Waals surface area (Å²) in [7, 11) is 0. The molecule has 0 bridgehead atoms. The summed E-state index contributed by atoms with van der Waals surface area (Å²) in [5.74, 6) is 1.77. The number of anilines is 1. The molecule has 4 aromatic rings. The molecule has 1 aliphatic rings. The van der Waals surface area contributed by atoms with E-state index < -0.39 is 0 Å². The molecular formula is C28H40N4S. The summed E-state index contributed by atoms with van der Waals surface area (Å²) < 4.78 is 3.27. The van der Waals surface area contributed by atoms with Crippen LogP contribution in [-0.2, 0) is 0 Å². The minimum Gasteiger partial charge on any atom is -0.366 e. The first-order valence-corrected chi connectivity index (χ1v) is 13.4. The number of fused-ring (bicyclic) bond motifs is 2. The molecular weight excluding hydrogens is 424 g/mol. The Morgan fingerprint density at radius 3 is 2.30 bits per heavy atom. The Morgan fingerprint density at radius 1 is 0.939 bits per heavy atom. The van der Waals surface area contributed by atoms with Gasteiger partial charge in [-0.3, -0.25) is 0 Å². The Balaban J connectivity index is 0.000000728. The maximum atomic E-state index is 4.89. The highest BCUT2D eigenvalue weighted by Gasteiger charge is 2.29. The van der Waals surface area contributed by atoms with Crippen molar-refractivity contribution in [1.29, 1.82) is 0 Å². The number of thiophene rings is 1. The molecule has 178 valence electrons. The molecule has 0 unspecified atom stereocenters.